The van der Waals surface area contributed by atoms with E-state index < -0.39 is 86.5 Å². The van der Waals surface area contributed by atoms with Crippen LogP contribution in [0.25, 0.3) is 0 Å². The van der Waals surface area contributed by atoms with E-state index in [2.05, 4.69) is 42.5 Å². The number of rotatable bonds is 24. The number of nitrogens with one attached hydrogen (secondary N) is 8. The van der Waals surface area contributed by atoms with E-state index in [0.717, 1.165) is 0 Å². The van der Waals surface area contributed by atoms with Crippen LogP contribution in [-0.2, 0) is 28.8 Å². The highest BCUT2D eigenvalue weighted by molar-refractivity contribution is 6.00. The molecule has 0 aromatic heterocycles. The van der Waals surface area contributed by atoms with Crippen LogP contribution in [0.5, 0.6) is 46.0 Å². The summed E-state index contributed by atoms with van der Waals surface area (Å²) in [6.07, 6.45) is 0. The van der Waals surface area contributed by atoms with Crippen molar-refractivity contribution in [2.24, 2.45) is 0 Å². The minimum Gasteiger partial charge on any atom is -0.493 e. The lowest BCUT2D eigenvalue weighted by Gasteiger charge is -2.14. The van der Waals surface area contributed by atoms with Gasteiger partial charge in [0, 0.05) is 28.6 Å². The number of hydrogen-bond acceptors (Lipinski definition) is 15. The fourth-order valence-electron chi connectivity index (χ4n) is 5.71. The summed E-state index contributed by atoms with van der Waals surface area (Å²) in [6, 6.07) is 18.4. The molecule has 8 N–H and O–H groups in total. The Hall–Kier alpha value is -8.76. The number of carbonyl (C=O) groups excluding carboxylic acids is 8. The van der Waals surface area contributed by atoms with Crippen LogP contribution in [-0.4, -0.2) is 129 Å². The van der Waals surface area contributed by atoms with Crippen molar-refractivity contribution in [3.63, 3.8) is 0 Å². The molecule has 4 aromatic carbocycles. The molecule has 0 radical (unpaired) electrons. The molecule has 0 aliphatic heterocycles. The van der Waals surface area contributed by atoms with Gasteiger partial charge in [-0.2, -0.15) is 0 Å². The van der Waals surface area contributed by atoms with Gasteiger partial charge in [0.25, 0.3) is 11.8 Å². The molecule has 4 aromatic rings. The minimum absolute atomic E-state index is 0.144. The van der Waals surface area contributed by atoms with E-state index in [9.17, 15) is 38.4 Å². The first-order valence-corrected chi connectivity index (χ1v) is 19.9. The monoisotopic (exact) mass is 930 g/mol. The first-order valence-electron chi connectivity index (χ1n) is 19.9. The van der Waals surface area contributed by atoms with Crippen LogP contribution in [0.3, 0.4) is 0 Å². The highest BCUT2D eigenvalue weighted by atomic mass is 16.5. The third-order valence-corrected chi connectivity index (χ3v) is 8.95. The Morgan fingerprint density at radius 1 is 0.373 bits per heavy atom. The summed E-state index contributed by atoms with van der Waals surface area (Å²) in [4.78, 5) is 99.3. The predicted octanol–water partition coefficient (Wildman–Crippen LogP) is 0.732. The second-order valence-electron chi connectivity index (χ2n) is 13.6. The molecular weight excluding hydrogens is 881 g/mol. The van der Waals surface area contributed by atoms with E-state index in [4.69, 9.17) is 33.2 Å². The van der Waals surface area contributed by atoms with E-state index in [1.807, 2.05) is 0 Å². The largest absolute Gasteiger partial charge is 0.493 e. The van der Waals surface area contributed by atoms with Gasteiger partial charge in [-0.05, 0) is 60.7 Å². The van der Waals surface area contributed by atoms with Crippen molar-refractivity contribution in [1.82, 2.24) is 31.9 Å². The second-order valence-corrected chi connectivity index (χ2v) is 13.6. The second kappa shape index (κ2) is 25.5. The molecule has 0 saturated heterocycles. The van der Waals surface area contributed by atoms with Gasteiger partial charge in [-0.25, -0.2) is 0 Å². The van der Waals surface area contributed by atoms with E-state index in [0.29, 0.717) is 34.4 Å². The van der Waals surface area contributed by atoms with E-state index >= 15 is 0 Å². The summed E-state index contributed by atoms with van der Waals surface area (Å²) in [5, 5.41) is 19.6. The molecule has 0 fully saturated rings. The lowest BCUT2D eigenvalue weighted by atomic mass is 10.1. The van der Waals surface area contributed by atoms with Gasteiger partial charge >= 0.3 is 0 Å². The van der Waals surface area contributed by atoms with Gasteiger partial charge < -0.3 is 75.7 Å². The number of anilines is 2. The number of methoxy groups -OCH3 is 6. The maximum absolute atomic E-state index is 12.6. The molecular formula is C44H50N8O15. The first-order chi connectivity index (χ1) is 32.2. The zero-order chi connectivity index (χ0) is 48.9. The Morgan fingerprint density at radius 3 is 1.10 bits per heavy atom. The Kier molecular flexibility index (Phi) is 19.4. The Morgan fingerprint density at radius 2 is 0.731 bits per heavy atom. The van der Waals surface area contributed by atoms with Crippen LogP contribution in [0.1, 0.15) is 20.7 Å². The Bertz CT molecular complexity index is 2400. The van der Waals surface area contributed by atoms with E-state index in [1.165, 1.54) is 66.9 Å². The van der Waals surface area contributed by atoms with Crippen molar-refractivity contribution in [2.75, 3.05) is 92.6 Å². The van der Waals surface area contributed by atoms with Gasteiger partial charge in [0.1, 0.15) is 11.5 Å². The maximum Gasteiger partial charge on any atom is 0.251 e. The molecule has 0 spiro atoms. The van der Waals surface area contributed by atoms with Crippen molar-refractivity contribution in [2.45, 2.75) is 0 Å². The number of hydrogen-bond donors (Lipinski definition) is 8. The van der Waals surface area contributed by atoms with Gasteiger partial charge in [-0.1, -0.05) is 6.07 Å². The summed E-state index contributed by atoms with van der Waals surface area (Å²) in [7, 11) is 8.42. The quantitative estimate of drug-likeness (QED) is 0.0481. The van der Waals surface area contributed by atoms with Crippen LogP contribution in [0, 0.1) is 0 Å². The fraction of sp³-hybridized carbons (Fsp3) is 0.273. The average Bonchev–Trinajstić information content (AvgIpc) is 3.34. The van der Waals surface area contributed by atoms with E-state index in [-0.39, 0.29) is 34.1 Å². The summed E-state index contributed by atoms with van der Waals surface area (Å²) in [6.45, 7) is -2.59. The molecule has 0 aliphatic carbocycles. The van der Waals surface area contributed by atoms with Crippen LogP contribution in [0.2, 0.25) is 0 Å². The standard InChI is InChI=1S/C44H50N8O15/c1-61-31-14-25(15-32(62-2)41(31)65-5)43(59)49-21-37(55)45-19-35(53)47-23-39(57)51-27-10-12-29(13-11-27)67-30-9-7-8-28(18-30)52-40(58)24-48-36(54)20-46-38(56)22-50-44(60)26-16-33(63-3)42(66-6)34(17-26)64-4/h7-18H,19-24H2,1-6H3,(H,45,55)(H,46,56)(H,47,53)(H,48,54)(H,49,59)(H,50,60)(H,51,57)(H,52,58). The number of ether oxygens (including phenoxy) is 7. The smallest absolute Gasteiger partial charge is 0.251 e. The molecule has 23 nitrogen and oxygen atoms in total. The third-order valence-electron chi connectivity index (χ3n) is 8.95. The fourth-order valence-corrected chi connectivity index (χ4v) is 5.71. The maximum atomic E-state index is 12.6. The highest BCUT2D eigenvalue weighted by Crippen LogP contribution is 2.39. The van der Waals surface area contributed by atoms with Crippen LogP contribution in [0.4, 0.5) is 11.4 Å². The summed E-state index contributed by atoms with van der Waals surface area (Å²) in [5.74, 6) is -2.60. The van der Waals surface area contributed by atoms with Gasteiger partial charge in [0.2, 0.25) is 46.9 Å². The third kappa shape index (κ3) is 15.8. The van der Waals surface area contributed by atoms with Gasteiger partial charge in [0.15, 0.2) is 23.0 Å². The van der Waals surface area contributed by atoms with E-state index in [1.54, 1.807) is 48.5 Å². The number of carbonyl (C=O) groups is 8. The number of amides is 8. The molecule has 23 heteroatoms. The molecule has 0 atom stereocenters. The molecule has 0 saturated carbocycles. The zero-order valence-electron chi connectivity index (χ0n) is 37.3. The predicted molar refractivity (Wildman–Crippen MR) is 239 cm³/mol. The number of benzene rings is 4. The molecule has 8 amide bonds. The Balaban J connectivity index is 1.11. The van der Waals surface area contributed by atoms with Crippen molar-refractivity contribution in [1.29, 1.82) is 0 Å². The molecule has 67 heavy (non-hydrogen) atoms. The summed E-state index contributed by atoms with van der Waals surface area (Å²) < 4.78 is 37.3. The molecule has 356 valence electrons. The topological polar surface area (TPSA) is 297 Å². The normalized spacial score (nSPS) is 10.2. The molecule has 4 rings (SSSR count). The van der Waals surface area contributed by atoms with Crippen LogP contribution in [0.15, 0.2) is 72.8 Å². The zero-order valence-corrected chi connectivity index (χ0v) is 37.3. The molecule has 0 heterocycles. The summed E-state index contributed by atoms with van der Waals surface area (Å²) >= 11 is 0. The average molecular weight is 931 g/mol. The van der Waals surface area contributed by atoms with Crippen molar-refractivity contribution in [3.8, 4) is 46.0 Å². The lowest BCUT2D eigenvalue weighted by Crippen LogP contribution is -2.43. The minimum atomic E-state index is -0.655. The molecule has 0 aliphatic rings. The first kappa shape index (κ1) is 50.9. The SMILES string of the molecule is COc1cc(C(=O)NCC(=O)NCC(=O)NCC(=O)Nc2ccc(Oc3cccc(NC(=O)CNC(=O)CNC(=O)CNC(=O)c4cc(OC)c(OC)c(OC)c4)c3)cc2)cc(OC)c1OC. The molecule has 0 bridgehead atoms. The van der Waals surface area contributed by atoms with Gasteiger partial charge in [-0.15, -0.1) is 0 Å². The van der Waals surface area contributed by atoms with Crippen LogP contribution >= 0.6 is 0 Å². The van der Waals surface area contributed by atoms with Gasteiger partial charge in [-0.3, -0.25) is 38.4 Å². The van der Waals surface area contributed by atoms with Crippen molar-refractivity contribution < 1.29 is 71.5 Å². The lowest BCUT2D eigenvalue weighted by molar-refractivity contribution is -0.126. The van der Waals surface area contributed by atoms with Gasteiger partial charge in [0.05, 0.1) is 81.9 Å². The highest BCUT2D eigenvalue weighted by Gasteiger charge is 2.20. The Labute approximate surface area is 383 Å². The summed E-state index contributed by atoms with van der Waals surface area (Å²) in [5.41, 5.74) is 1.04. The van der Waals surface area contributed by atoms with Crippen molar-refractivity contribution in [3.05, 3.63) is 83.9 Å². The van der Waals surface area contributed by atoms with Crippen molar-refractivity contribution >= 4 is 58.6 Å². The molecule has 0 unspecified atom stereocenters. The van der Waals surface area contributed by atoms with Crippen LogP contribution < -0.4 is 75.7 Å².